The Morgan fingerprint density at radius 2 is 1.40 bits per heavy atom. The summed E-state index contributed by atoms with van der Waals surface area (Å²) in [7, 11) is 0. The molecule has 0 atom stereocenters. The van der Waals surface area contributed by atoms with Gasteiger partial charge in [-0.05, 0) is 6.92 Å². The first-order valence-electron chi connectivity index (χ1n) is 5.57. The summed E-state index contributed by atoms with van der Waals surface area (Å²) in [5.74, 6) is -10.5. The van der Waals surface area contributed by atoms with Crippen molar-refractivity contribution in [1.82, 2.24) is 14.8 Å². The SMILES string of the molecule is CCn1c(CN)nnc1-c1c(F)c(F)c(F)c(F)c1F. The lowest BCUT2D eigenvalue weighted by Crippen LogP contribution is -2.11. The minimum Gasteiger partial charge on any atom is -0.324 e. The summed E-state index contributed by atoms with van der Waals surface area (Å²) in [4.78, 5) is 0. The number of hydrogen-bond acceptors (Lipinski definition) is 3. The van der Waals surface area contributed by atoms with Crippen LogP contribution >= 0.6 is 0 Å². The van der Waals surface area contributed by atoms with Crippen molar-refractivity contribution in [2.45, 2.75) is 20.0 Å². The van der Waals surface area contributed by atoms with E-state index in [0.29, 0.717) is 0 Å². The molecule has 9 heteroatoms. The highest BCUT2D eigenvalue weighted by Gasteiger charge is 2.29. The molecule has 4 nitrogen and oxygen atoms in total. The summed E-state index contributed by atoms with van der Waals surface area (Å²) in [5.41, 5.74) is 4.24. The van der Waals surface area contributed by atoms with Gasteiger partial charge in [-0.25, -0.2) is 22.0 Å². The number of benzene rings is 1. The van der Waals surface area contributed by atoms with Crippen molar-refractivity contribution in [2.75, 3.05) is 0 Å². The molecule has 1 aromatic carbocycles. The molecule has 0 saturated heterocycles. The smallest absolute Gasteiger partial charge is 0.200 e. The number of hydrogen-bond donors (Lipinski definition) is 1. The van der Waals surface area contributed by atoms with Crippen LogP contribution in [0.1, 0.15) is 12.7 Å². The molecule has 0 fully saturated rings. The Hall–Kier alpha value is -2.03. The first kappa shape index (κ1) is 14.4. The topological polar surface area (TPSA) is 56.7 Å². The molecule has 0 amide bonds. The summed E-state index contributed by atoms with van der Waals surface area (Å²) in [5, 5.41) is 7.02. The minimum absolute atomic E-state index is 0.0871. The van der Waals surface area contributed by atoms with Gasteiger partial charge < -0.3 is 10.3 Å². The van der Waals surface area contributed by atoms with E-state index >= 15 is 0 Å². The fraction of sp³-hybridized carbons (Fsp3) is 0.273. The van der Waals surface area contributed by atoms with Gasteiger partial charge in [-0.2, -0.15) is 0 Å². The van der Waals surface area contributed by atoms with Crippen LogP contribution in [0.15, 0.2) is 0 Å². The van der Waals surface area contributed by atoms with Crippen molar-refractivity contribution in [3.05, 3.63) is 34.9 Å². The molecule has 0 bridgehead atoms. The Bertz CT molecular complexity index is 638. The molecule has 20 heavy (non-hydrogen) atoms. The molecule has 0 spiro atoms. The Labute approximate surface area is 110 Å². The molecule has 2 rings (SSSR count). The van der Waals surface area contributed by atoms with Crippen molar-refractivity contribution in [3.8, 4) is 11.4 Å². The molecule has 0 unspecified atom stereocenters. The van der Waals surface area contributed by atoms with E-state index < -0.39 is 40.5 Å². The van der Waals surface area contributed by atoms with E-state index in [1.54, 1.807) is 6.92 Å². The zero-order valence-electron chi connectivity index (χ0n) is 10.2. The standard InChI is InChI=1S/C11H9F5N4/c1-2-20-4(3-17)18-19-11(20)5-6(12)8(14)10(16)9(15)7(5)13/h2-3,17H2,1H3. The largest absolute Gasteiger partial charge is 0.324 e. The third kappa shape index (κ3) is 1.94. The van der Waals surface area contributed by atoms with Crippen molar-refractivity contribution >= 4 is 0 Å². The fourth-order valence-electron chi connectivity index (χ4n) is 1.80. The van der Waals surface area contributed by atoms with Gasteiger partial charge in [-0.3, -0.25) is 0 Å². The lowest BCUT2D eigenvalue weighted by Gasteiger charge is -2.09. The maximum atomic E-state index is 13.7. The fourth-order valence-corrected chi connectivity index (χ4v) is 1.80. The first-order valence-corrected chi connectivity index (χ1v) is 5.57. The summed E-state index contributed by atoms with van der Waals surface area (Å²) in [6.45, 7) is 1.67. The summed E-state index contributed by atoms with van der Waals surface area (Å²) < 4.78 is 67.9. The first-order chi connectivity index (χ1) is 9.43. The van der Waals surface area contributed by atoms with Gasteiger partial charge in [0.15, 0.2) is 29.1 Å². The number of halogens is 5. The van der Waals surface area contributed by atoms with E-state index in [4.69, 9.17) is 5.73 Å². The van der Waals surface area contributed by atoms with Crippen LogP contribution in [-0.2, 0) is 13.1 Å². The number of nitrogens with two attached hydrogens (primary N) is 1. The van der Waals surface area contributed by atoms with Crippen LogP contribution in [0.2, 0.25) is 0 Å². The van der Waals surface area contributed by atoms with Crippen LogP contribution < -0.4 is 5.73 Å². The molecule has 2 aromatic rings. The lowest BCUT2D eigenvalue weighted by molar-refractivity contribution is 0.380. The highest BCUT2D eigenvalue weighted by Crippen LogP contribution is 2.30. The summed E-state index contributed by atoms with van der Waals surface area (Å²) in [6.07, 6.45) is 0. The van der Waals surface area contributed by atoms with E-state index in [1.165, 1.54) is 4.57 Å². The van der Waals surface area contributed by atoms with E-state index in [-0.39, 0.29) is 18.9 Å². The maximum absolute atomic E-state index is 13.7. The van der Waals surface area contributed by atoms with Crippen molar-refractivity contribution in [3.63, 3.8) is 0 Å². The van der Waals surface area contributed by atoms with Gasteiger partial charge in [0.2, 0.25) is 5.82 Å². The summed E-state index contributed by atoms with van der Waals surface area (Å²) in [6, 6.07) is 0. The molecule has 2 N–H and O–H groups in total. The van der Waals surface area contributed by atoms with E-state index in [0.717, 1.165) is 0 Å². The lowest BCUT2D eigenvalue weighted by atomic mass is 10.1. The van der Waals surface area contributed by atoms with Crippen LogP contribution in [0.5, 0.6) is 0 Å². The molecule has 0 radical (unpaired) electrons. The molecule has 0 saturated carbocycles. The quantitative estimate of drug-likeness (QED) is 0.535. The number of aromatic nitrogens is 3. The molecule has 108 valence electrons. The van der Waals surface area contributed by atoms with Gasteiger partial charge in [0, 0.05) is 6.54 Å². The molecular weight excluding hydrogens is 283 g/mol. The van der Waals surface area contributed by atoms with Gasteiger partial charge in [0.25, 0.3) is 0 Å². The number of rotatable bonds is 3. The van der Waals surface area contributed by atoms with Gasteiger partial charge in [0.1, 0.15) is 5.82 Å². The second-order valence-corrected chi connectivity index (χ2v) is 3.83. The van der Waals surface area contributed by atoms with Gasteiger partial charge in [-0.15, -0.1) is 10.2 Å². The van der Waals surface area contributed by atoms with Crippen LogP contribution in [0.3, 0.4) is 0 Å². The Morgan fingerprint density at radius 1 is 0.900 bits per heavy atom. The highest BCUT2D eigenvalue weighted by molar-refractivity contribution is 5.58. The highest BCUT2D eigenvalue weighted by atomic mass is 19.2. The zero-order chi connectivity index (χ0) is 15.0. The van der Waals surface area contributed by atoms with Gasteiger partial charge >= 0.3 is 0 Å². The van der Waals surface area contributed by atoms with Crippen molar-refractivity contribution in [2.24, 2.45) is 5.73 Å². The molecular formula is C11H9F5N4. The average Bonchev–Trinajstić information content (AvgIpc) is 2.86. The molecule has 0 aliphatic rings. The maximum Gasteiger partial charge on any atom is 0.200 e. The molecule has 0 aliphatic heterocycles. The third-order valence-electron chi connectivity index (χ3n) is 2.76. The number of nitrogens with zero attached hydrogens (tertiary/aromatic N) is 3. The second-order valence-electron chi connectivity index (χ2n) is 3.83. The van der Waals surface area contributed by atoms with Crippen molar-refractivity contribution < 1.29 is 22.0 Å². The minimum atomic E-state index is -2.22. The van der Waals surface area contributed by atoms with Crippen molar-refractivity contribution in [1.29, 1.82) is 0 Å². The normalized spacial score (nSPS) is 11.2. The predicted molar refractivity (Wildman–Crippen MR) is 58.8 cm³/mol. The Morgan fingerprint density at radius 3 is 1.85 bits per heavy atom. The van der Waals surface area contributed by atoms with Gasteiger partial charge in [0.05, 0.1) is 12.1 Å². The third-order valence-corrected chi connectivity index (χ3v) is 2.76. The van der Waals surface area contributed by atoms with Crippen LogP contribution in [0.4, 0.5) is 22.0 Å². The van der Waals surface area contributed by atoms with Crippen LogP contribution in [0, 0.1) is 29.1 Å². The van der Waals surface area contributed by atoms with Crippen LogP contribution in [0.25, 0.3) is 11.4 Å². The predicted octanol–water partition coefficient (Wildman–Crippen LogP) is 2.12. The molecule has 1 aromatic heterocycles. The Kier molecular flexibility index (Phi) is 3.71. The van der Waals surface area contributed by atoms with E-state index in [9.17, 15) is 22.0 Å². The second kappa shape index (κ2) is 5.16. The summed E-state index contributed by atoms with van der Waals surface area (Å²) >= 11 is 0. The monoisotopic (exact) mass is 292 g/mol. The van der Waals surface area contributed by atoms with Gasteiger partial charge in [-0.1, -0.05) is 0 Å². The van der Waals surface area contributed by atoms with Crippen LogP contribution in [-0.4, -0.2) is 14.8 Å². The average molecular weight is 292 g/mol. The Balaban J connectivity index is 2.80. The van der Waals surface area contributed by atoms with E-state index in [1.807, 2.05) is 0 Å². The molecule has 1 heterocycles. The molecule has 0 aliphatic carbocycles. The zero-order valence-corrected chi connectivity index (χ0v) is 10.2. The van der Waals surface area contributed by atoms with E-state index in [2.05, 4.69) is 10.2 Å².